The van der Waals surface area contributed by atoms with Gasteiger partial charge in [0.25, 0.3) is 0 Å². The SMILES string of the molecule is CCn1c(C(C#N)c2cc(Cl)ncn2)nc2ccccc21. The number of rotatable bonds is 3. The highest BCUT2D eigenvalue weighted by Crippen LogP contribution is 2.26. The van der Waals surface area contributed by atoms with Crippen molar-refractivity contribution in [1.82, 2.24) is 19.5 Å². The molecule has 0 aliphatic carbocycles. The molecule has 1 unspecified atom stereocenters. The van der Waals surface area contributed by atoms with Gasteiger partial charge in [-0.1, -0.05) is 23.7 Å². The predicted molar refractivity (Wildman–Crippen MR) is 79.9 cm³/mol. The van der Waals surface area contributed by atoms with Gasteiger partial charge in [0.15, 0.2) is 0 Å². The van der Waals surface area contributed by atoms with Gasteiger partial charge in [-0.25, -0.2) is 15.0 Å². The highest BCUT2D eigenvalue weighted by atomic mass is 35.5. The first-order chi connectivity index (χ1) is 10.2. The monoisotopic (exact) mass is 297 g/mol. The maximum Gasteiger partial charge on any atom is 0.146 e. The van der Waals surface area contributed by atoms with Crippen molar-refractivity contribution in [2.24, 2.45) is 0 Å². The fraction of sp³-hybridized carbons (Fsp3) is 0.200. The minimum Gasteiger partial charge on any atom is -0.327 e. The molecular weight excluding hydrogens is 286 g/mol. The largest absolute Gasteiger partial charge is 0.327 e. The third-order valence-electron chi connectivity index (χ3n) is 3.34. The van der Waals surface area contributed by atoms with Crippen LogP contribution in [0.15, 0.2) is 36.7 Å². The van der Waals surface area contributed by atoms with E-state index in [1.54, 1.807) is 6.07 Å². The van der Waals surface area contributed by atoms with E-state index in [9.17, 15) is 5.26 Å². The molecule has 3 rings (SSSR count). The lowest BCUT2D eigenvalue weighted by Crippen LogP contribution is -2.10. The van der Waals surface area contributed by atoms with Crippen LogP contribution < -0.4 is 0 Å². The smallest absolute Gasteiger partial charge is 0.146 e. The van der Waals surface area contributed by atoms with E-state index in [1.165, 1.54) is 6.33 Å². The van der Waals surface area contributed by atoms with Crippen LogP contribution >= 0.6 is 11.6 Å². The van der Waals surface area contributed by atoms with Gasteiger partial charge >= 0.3 is 0 Å². The molecule has 0 aliphatic heterocycles. The van der Waals surface area contributed by atoms with Gasteiger partial charge in [0.05, 0.1) is 22.8 Å². The van der Waals surface area contributed by atoms with Crippen molar-refractivity contribution in [2.45, 2.75) is 19.4 Å². The molecule has 0 fully saturated rings. The Labute approximate surface area is 126 Å². The first-order valence-electron chi connectivity index (χ1n) is 6.56. The molecule has 0 bridgehead atoms. The summed E-state index contributed by atoms with van der Waals surface area (Å²) < 4.78 is 2.03. The molecule has 0 spiro atoms. The predicted octanol–water partition coefficient (Wildman–Crippen LogP) is 3.16. The van der Waals surface area contributed by atoms with Crippen molar-refractivity contribution in [2.75, 3.05) is 0 Å². The molecule has 5 nitrogen and oxygen atoms in total. The van der Waals surface area contributed by atoms with Crippen molar-refractivity contribution in [3.63, 3.8) is 0 Å². The van der Waals surface area contributed by atoms with Crippen LogP contribution in [0.4, 0.5) is 0 Å². The second-order valence-corrected chi connectivity index (χ2v) is 4.92. The molecule has 0 saturated carbocycles. The summed E-state index contributed by atoms with van der Waals surface area (Å²) in [6, 6.07) is 11.7. The van der Waals surface area contributed by atoms with Gasteiger partial charge in [0.2, 0.25) is 0 Å². The van der Waals surface area contributed by atoms with Crippen LogP contribution in [0, 0.1) is 11.3 Å². The average molecular weight is 298 g/mol. The number of hydrogen-bond donors (Lipinski definition) is 0. The van der Waals surface area contributed by atoms with Gasteiger partial charge in [-0.3, -0.25) is 0 Å². The molecule has 1 aromatic carbocycles. The van der Waals surface area contributed by atoms with Crippen molar-refractivity contribution in [1.29, 1.82) is 5.26 Å². The van der Waals surface area contributed by atoms with Crippen LogP contribution in [0.25, 0.3) is 11.0 Å². The summed E-state index contributed by atoms with van der Waals surface area (Å²) in [4.78, 5) is 12.6. The van der Waals surface area contributed by atoms with Crippen LogP contribution in [0.5, 0.6) is 0 Å². The van der Waals surface area contributed by atoms with E-state index in [4.69, 9.17) is 11.6 Å². The maximum atomic E-state index is 9.56. The summed E-state index contributed by atoms with van der Waals surface area (Å²) in [6.45, 7) is 2.76. The molecule has 0 radical (unpaired) electrons. The lowest BCUT2D eigenvalue weighted by atomic mass is 10.1. The van der Waals surface area contributed by atoms with Crippen LogP contribution in [0.2, 0.25) is 5.15 Å². The van der Waals surface area contributed by atoms with Gasteiger partial charge in [-0.2, -0.15) is 5.26 Å². The summed E-state index contributed by atoms with van der Waals surface area (Å²) in [7, 11) is 0. The summed E-state index contributed by atoms with van der Waals surface area (Å²) in [5, 5.41) is 9.88. The van der Waals surface area contributed by atoms with Gasteiger partial charge in [0, 0.05) is 6.54 Å². The number of aromatic nitrogens is 4. The summed E-state index contributed by atoms with van der Waals surface area (Å²) in [5.41, 5.74) is 2.44. The highest BCUT2D eigenvalue weighted by molar-refractivity contribution is 6.29. The van der Waals surface area contributed by atoms with Crippen LogP contribution in [-0.2, 0) is 6.54 Å². The van der Waals surface area contributed by atoms with Crippen LogP contribution in [0.3, 0.4) is 0 Å². The molecule has 2 heterocycles. The molecular formula is C15H12ClN5. The van der Waals surface area contributed by atoms with E-state index in [2.05, 4.69) is 21.0 Å². The zero-order valence-electron chi connectivity index (χ0n) is 11.4. The van der Waals surface area contributed by atoms with Crippen LogP contribution in [0.1, 0.15) is 24.4 Å². The van der Waals surface area contributed by atoms with E-state index in [-0.39, 0.29) is 0 Å². The zero-order chi connectivity index (χ0) is 14.8. The van der Waals surface area contributed by atoms with Gasteiger partial charge in [-0.05, 0) is 25.1 Å². The highest BCUT2D eigenvalue weighted by Gasteiger charge is 2.22. The van der Waals surface area contributed by atoms with E-state index >= 15 is 0 Å². The quantitative estimate of drug-likeness (QED) is 0.696. The topological polar surface area (TPSA) is 67.4 Å². The third-order valence-corrected chi connectivity index (χ3v) is 3.54. The second-order valence-electron chi connectivity index (χ2n) is 4.53. The molecule has 6 heteroatoms. The normalized spacial score (nSPS) is 12.2. The van der Waals surface area contributed by atoms with E-state index in [0.717, 1.165) is 17.6 Å². The Kier molecular flexibility index (Phi) is 3.55. The fourth-order valence-corrected chi connectivity index (χ4v) is 2.56. The number of fused-ring (bicyclic) bond motifs is 1. The van der Waals surface area contributed by atoms with Crippen LogP contribution in [-0.4, -0.2) is 19.5 Å². The van der Waals surface area contributed by atoms with Crippen molar-refractivity contribution in [3.8, 4) is 6.07 Å². The minimum absolute atomic E-state index is 0.319. The number of hydrogen-bond acceptors (Lipinski definition) is 4. The lowest BCUT2D eigenvalue weighted by Gasteiger charge is -2.10. The number of nitrogens with zero attached hydrogens (tertiary/aromatic N) is 5. The Balaban J connectivity index is 2.20. The molecule has 0 N–H and O–H groups in total. The van der Waals surface area contributed by atoms with Crippen molar-refractivity contribution in [3.05, 3.63) is 53.3 Å². The third kappa shape index (κ3) is 2.34. The minimum atomic E-state index is -0.571. The molecule has 1 atom stereocenters. The Bertz CT molecular complexity index is 833. The fourth-order valence-electron chi connectivity index (χ4n) is 2.41. The lowest BCUT2D eigenvalue weighted by molar-refractivity contribution is 0.704. The molecule has 0 amide bonds. The Morgan fingerprint density at radius 1 is 1.33 bits per heavy atom. The van der Waals surface area contributed by atoms with E-state index in [0.29, 0.717) is 16.7 Å². The number of para-hydroxylation sites is 2. The number of aryl methyl sites for hydroxylation is 1. The van der Waals surface area contributed by atoms with Crippen molar-refractivity contribution >= 4 is 22.6 Å². The summed E-state index contributed by atoms with van der Waals surface area (Å²) >= 11 is 5.90. The molecule has 0 saturated heterocycles. The number of nitriles is 1. The molecule has 3 aromatic rings. The van der Waals surface area contributed by atoms with E-state index in [1.807, 2.05) is 35.8 Å². The van der Waals surface area contributed by atoms with Gasteiger partial charge in [0.1, 0.15) is 23.2 Å². The molecule has 104 valence electrons. The Morgan fingerprint density at radius 2 is 2.14 bits per heavy atom. The second kappa shape index (κ2) is 5.51. The van der Waals surface area contributed by atoms with Gasteiger partial charge < -0.3 is 4.57 Å². The number of halogens is 1. The number of imidazole rings is 1. The average Bonchev–Trinajstić information content (AvgIpc) is 2.86. The first kappa shape index (κ1) is 13.5. The maximum absolute atomic E-state index is 9.56. The standard InChI is InChI=1S/C15H12ClN5/c1-2-21-13-6-4-3-5-11(13)20-15(21)10(8-17)12-7-14(16)19-9-18-12/h3-7,9-10H,2H2,1H3. The Morgan fingerprint density at radius 3 is 2.86 bits per heavy atom. The summed E-state index contributed by atoms with van der Waals surface area (Å²) in [6.07, 6.45) is 1.36. The van der Waals surface area contributed by atoms with Gasteiger partial charge in [-0.15, -0.1) is 0 Å². The molecule has 2 aromatic heterocycles. The zero-order valence-corrected chi connectivity index (χ0v) is 12.1. The van der Waals surface area contributed by atoms with E-state index < -0.39 is 5.92 Å². The number of benzene rings is 1. The molecule has 0 aliphatic rings. The van der Waals surface area contributed by atoms with Crippen molar-refractivity contribution < 1.29 is 0 Å². The Hall–Kier alpha value is -2.45. The molecule has 21 heavy (non-hydrogen) atoms. The first-order valence-corrected chi connectivity index (χ1v) is 6.94. The summed E-state index contributed by atoms with van der Waals surface area (Å²) in [5.74, 6) is 0.105.